The van der Waals surface area contributed by atoms with Crippen molar-refractivity contribution in [1.29, 1.82) is 0 Å². The zero-order chi connectivity index (χ0) is 24.0. The molecule has 0 atom stereocenters. The first kappa shape index (κ1) is 23.6. The van der Waals surface area contributed by atoms with Gasteiger partial charge in [-0.1, -0.05) is 0 Å². The number of non-ortho nitro benzene ring substituents is 1. The largest absolute Gasteiger partial charge is 0.481 e. The van der Waals surface area contributed by atoms with Gasteiger partial charge in [0.2, 0.25) is 17.4 Å². The number of esters is 1. The summed E-state index contributed by atoms with van der Waals surface area (Å²) >= 11 is 1.23. The van der Waals surface area contributed by atoms with Gasteiger partial charge < -0.3 is 14.8 Å². The van der Waals surface area contributed by atoms with Gasteiger partial charge in [-0.15, -0.1) is 11.3 Å². The number of hydrogen-bond acceptors (Lipinski definition) is 9. The highest BCUT2D eigenvalue weighted by Crippen LogP contribution is 2.23. The second-order valence-corrected chi connectivity index (χ2v) is 7.84. The van der Waals surface area contributed by atoms with Crippen LogP contribution in [0.1, 0.15) is 38.9 Å². The molecule has 33 heavy (non-hydrogen) atoms. The normalized spacial score (nSPS) is 10.5. The number of carbonyl (C=O) groups excluding carboxylic acids is 3. The molecule has 1 aromatic carbocycles. The summed E-state index contributed by atoms with van der Waals surface area (Å²) in [5.74, 6) is -1.17. The van der Waals surface area contributed by atoms with Crippen LogP contribution in [0.5, 0.6) is 5.75 Å². The molecule has 1 N–H and O–H groups in total. The summed E-state index contributed by atoms with van der Waals surface area (Å²) in [4.78, 5) is 47.5. The van der Waals surface area contributed by atoms with E-state index >= 15 is 0 Å². The lowest BCUT2D eigenvalue weighted by Gasteiger charge is -2.04. The SMILES string of the molecule is CCOC(=O)c1nn(-c2ccc([N+](=O)[O-])cc2)cc1OCC(=O)c1ccc(CNC(C)=O)s1. The summed E-state index contributed by atoms with van der Waals surface area (Å²) < 4.78 is 11.9. The van der Waals surface area contributed by atoms with Gasteiger partial charge in [-0.05, 0) is 31.2 Å². The molecule has 3 rings (SSSR count). The number of rotatable bonds is 10. The highest BCUT2D eigenvalue weighted by atomic mass is 32.1. The van der Waals surface area contributed by atoms with Crippen LogP contribution in [0, 0.1) is 10.1 Å². The standard InChI is InChI=1S/C21H20N4O7S/c1-3-31-21(28)20-18(11-24(23-20)14-4-6-15(7-5-14)25(29)30)32-12-17(27)19-9-8-16(33-19)10-22-13(2)26/h4-9,11H,3,10,12H2,1-2H3,(H,22,26). The second-order valence-electron chi connectivity index (χ2n) is 6.67. The molecule has 172 valence electrons. The topological polar surface area (TPSA) is 143 Å². The van der Waals surface area contributed by atoms with Gasteiger partial charge in [0.15, 0.2) is 12.4 Å². The number of thiophene rings is 1. The van der Waals surface area contributed by atoms with Crippen LogP contribution in [0.25, 0.3) is 5.69 Å². The van der Waals surface area contributed by atoms with Crippen LogP contribution in [0.2, 0.25) is 0 Å². The highest BCUT2D eigenvalue weighted by Gasteiger charge is 2.22. The van der Waals surface area contributed by atoms with E-state index in [1.165, 1.54) is 53.4 Å². The van der Waals surface area contributed by atoms with Crippen LogP contribution in [0.3, 0.4) is 0 Å². The number of nitrogens with zero attached hydrogens (tertiary/aromatic N) is 3. The third-order valence-corrected chi connectivity index (χ3v) is 5.41. The first-order valence-corrected chi connectivity index (χ1v) is 10.6. The first-order chi connectivity index (χ1) is 15.8. The summed E-state index contributed by atoms with van der Waals surface area (Å²) in [6.07, 6.45) is 1.40. The van der Waals surface area contributed by atoms with Gasteiger partial charge in [0.1, 0.15) is 0 Å². The molecule has 0 unspecified atom stereocenters. The van der Waals surface area contributed by atoms with E-state index in [9.17, 15) is 24.5 Å². The van der Waals surface area contributed by atoms with Crippen LogP contribution in [-0.2, 0) is 16.1 Å². The third kappa shape index (κ3) is 6.01. The Balaban J connectivity index is 1.77. The van der Waals surface area contributed by atoms with E-state index in [2.05, 4.69) is 10.4 Å². The summed E-state index contributed by atoms with van der Waals surface area (Å²) in [5, 5.41) is 17.7. The van der Waals surface area contributed by atoms with Gasteiger partial charge in [-0.3, -0.25) is 19.7 Å². The Bertz CT molecular complexity index is 1180. The van der Waals surface area contributed by atoms with Crippen LogP contribution < -0.4 is 10.1 Å². The minimum absolute atomic E-state index is 0.0372. The molecule has 1 amide bonds. The van der Waals surface area contributed by atoms with Crippen LogP contribution in [0.15, 0.2) is 42.6 Å². The number of aromatic nitrogens is 2. The minimum atomic E-state index is -0.727. The lowest BCUT2D eigenvalue weighted by atomic mass is 10.3. The molecule has 0 saturated heterocycles. The minimum Gasteiger partial charge on any atom is -0.481 e. The second kappa shape index (κ2) is 10.5. The fraction of sp³-hybridized carbons (Fsp3) is 0.238. The van der Waals surface area contributed by atoms with Crippen LogP contribution in [0.4, 0.5) is 5.69 Å². The Kier molecular flexibility index (Phi) is 7.51. The van der Waals surface area contributed by atoms with E-state index in [1.807, 2.05) is 0 Å². The van der Waals surface area contributed by atoms with E-state index in [0.29, 0.717) is 17.1 Å². The molecule has 0 aliphatic carbocycles. The number of carbonyl (C=O) groups is 3. The fourth-order valence-electron chi connectivity index (χ4n) is 2.71. The molecule has 0 radical (unpaired) electrons. The van der Waals surface area contributed by atoms with Crippen molar-refractivity contribution in [3.05, 3.63) is 68.2 Å². The lowest BCUT2D eigenvalue weighted by Crippen LogP contribution is -2.18. The van der Waals surface area contributed by atoms with Gasteiger partial charge >= 0.3 is 5.97 Å². The average Bonchev–Trinajstić information content (AvgIpc) is 3.44. The van der Waals surface area contributed by atoms with Crippen molar-refractivity contribution in [2.24, 2.45) is 0 Å². The van der Waals surface area contributed by atoms with Crippen molar-refractivity contribution in [3.63, 3.8) is 0 Å². The summed E-state index contributed by atoms with van der Waals surface area (Å²) in [6.45, 7) is 3.14. The smallest absolute Gasteiger partial charge is 0.362 e. The van der Waals surface area contributed by atoms with Crippen molar-refractivity contribution in [1.82, 2.24) is 15.1 Å². The first-order valence-electron chi connectivity index (χ1n) is 9.79. The van der Waals surface area contributed by atoms with Crippen molar-refractivity contribution in [3.8, 4) is 11.4 Å². The molecule has 0 saturated carbocycles. The zero-order valence-electron chi connectivity index (χ0n) is 17.8. The molecule has 0 spiro atoms. The number of nitro benzene ring substituents is 1. The van der Waals surface area contributed by atoms with E-state index in [0.717, 1.165) is 4.88 Å². The number of nitrogens with one attached hydrogen (secondary N) is 1. The Morgan fingerprint density at radius 2 is 1.91 bits per heavy atom. The summed E-state index contributed by atoms with van der Waals surface area (Å²) in [7, 11) is 0. The van der Waals surface area contributed by atoms with E-state index in [1.54, 1.807) is 19.1 Å². The van der Waals surface area contributed by atoms with Crippen LogP contribution in [-0.4, -0.2) is 45.6 Å². The number of benzene rings is 1. The number of hydrogen-bond donors (Lipinski definition) is 1. The van der Waals surface area contributed by atoms with Gasteiger partial charge in [-0.25, -0.2) is 9.48 Å². The summed E-state index contributed by atoms with van der Waals surface area (Å²) in [5.41, 5.74) is 0.237. The Hall–Kier alpha value is -4.06. The molecule has 0 aliphatic rings. The number of Topliss-reactive ketones (excluding diaryl/α,β-unsaturated/α-hetero) is 1. The number of ether oxygens (including phenoxy) is 2. The predicted octanol–water partition coefficient (Wildman–Crippen LogP) is 2.92. The predicted molar refractivity (Wildman–Crippen MR) is 118 cm³/mol. The molecule has 0 bridgehead atoms. The van der Waals surface area contributed by atoms with Gasteiger partial charge in [0, 0.05) is 23.9 Å². The molecule has 0 fully saturated rings. The van der Waals surface area contributed by atoms with Crippen molar-refractivity contribution in [2.75, 3.05) is 13.2 Å². The Morgan fingerprint density at radius 1 is 1.18 bits per heavy atom. The zero-order valence-corrected chi connectivity index (χ0v) is 18.6. The molecule has 12 heteroatoms. The van der Waals surface area contributed by atoms with E-state index in [4.69, 9.17) is 9.47 Å². The van der Waals surface area contributed by atoms with Gasteiger partial charge in [-0.2, -0.15) is 5.10 Å². The van der Waals surface area contributed by atoms with Crippen molar-refractivity contribution < 1.29 is 28.8 Å². The number of ketones is 1. The average molecular weight is 472 g/mol. The summed E-state index contributed by atoms with van der Waals surface area (Å²) in [6, 6.07) is 8.93. The maximum atomic E-state index is 12.5. The van der Waals surface area contributed by atoms with Gasteiger partial charge in [0.05, 0.1) is 34.8 Å². The van der Waals surface area contributed by atoms with Crippen LogP contribution >= 0.6 is 11.3 Å². The third-order valence-electron chi connectivity index (χ3n) is 4.28. The monoisotopic (exact) mass is 472 g/mol. The molecular weight excluding hydrogens is 452 g/mol. The van der Waals surface area contributed by atoms with E-state index in [-0.39, 0.29) is 42.0 Å². The molecule has 11 nitrogen and oxygen atoms in total. The van der Waals surface area contributed by atoms with E-state index < -0.39 is 10.9 Å². The molecule has 2 aromatic heterocycles. The van der Waals surface area contributed by atoms with Crippen molar-refractivity contribution >= 4 is 34.7 Å². The fourth-order valence-corrected chi connectivity index (χ4v) is 3.58. The number of amides is 1. The Labute approximate surface area is 192 Å². The van der Waals surface area contributed by atoms with Crippen molar-refractivity contribution in [2.45, 2.75) is 20.4 Å². The molecule has 2 heterocycles. The number of nitro groups is 1. The lowest BCUT2D eigenvalue weighted by molar-refractivity contribution is -0.384. The molecular formula is C21H20N4O7S. The van der Waals surface area contributed by atoms with Gasteiger partial charge in [0.25, 0.3) is 5.69 Å². The maximum absolute atomic E-state index is 12.5. The molecule has 0 aliphatic heterocycles. The molecule has 3 aromatic rings. The highest BCUT2D eigenvalue weighted by molar-refractivity contribution is 7.14. The quantitative estimate of drug-likeness (QED) is 0.205. The Morgan fingerprint density at radius 3 is 2.55 bits per heavy atom. The maximum Gasteiger partial charge on any atom is 0.362 e.